The number of carboxylic acid groups (broad SMARTS) is 1. The molecule has 5 nitrogen and oxygen atoms in total. The Hall–Kier alpha value is -1.65. The first-order chi connectivity index (χ1) is 7.24. The second-order valence-electron chi connectivity index (χ2n) is 3.73. The Balaban J connectivity index is 1.87. The maximum absolute atomic E-state index is 10.3. The van der Waals surface area contributed by atoms with Crippen molar-refractivity contribution < 1.29 is 9.90 Å². The first-order valence-corrected chi connectivity index (χ1v) is 5.03. The highest BCUT2D eigenvalue weighted by Crippen LogP contribution is 2.22. The molecule has 2 N–H and O–H groups in total. The van der Waals surface area contributed by atoms with Crippen molar-refractivity contribution in [3.8, 4) is 0 Å². The number of carboxylic acids is 1. The van der Waals surface area contributed by atoms with Crippen LogP contribution in [-0.2, 0) is 11.2 Å². The lowest BCUT2D eigenvalue weighted by molar-refractivity contribution is -0.136. The van der Waals surface area contributed by atoms with E-state index >= 15 is 0 Å². The smallest absolute Gasteiger partial charge is 0.303 e. The zero-order valence-corrected chi connectivity index (χ0v) is 8.31. The Morgan fingerprint density at radius 3 is 2.67 bits per heavy atom. The average Bonchev–Trinajstić information content (AvgIpc) is 3.01. The summed E-state index contributed by atoms with van der Waals surface area (Å²) in [5, 5.41) is 11.7. The summed E-state index contributed by atoms with van der Waals surface area (Å²) in [5.41, 5.74) is 0.860. The van der Waals surface area contributed by atoms with Gasteiger partial charge in [0.15, 0.2) is 0 Å². The Morgan fingerprint density at radius 2 is 2.13 bits per heavy atom. The number of anilines is 1. The standard InChI is InChI=1S/C10H13N3O2/c14-9(15)4-1-7-5-11-10(12-6-7)13-8-2-3-8/h5-6,8H,1-4H2,(H,14,15)(H,11,12,13). The molecule has 80 valence electrons. The molecule has 0 radical (unpaired) electrons. The number of carbonyl (C=O) groups is 1. The van der Waals surface area contributed by atoms with Gasteiger partial charge in [-0.1, -0.05) is 0 Å². The molecule has 0 amide bonds. The van der Waals surface area contributed by atoms with Crippen molar-refractivity contribution in [3.05, 3.63) is 18.0 Å². The molecule has 15 heavy (non-hydrogen) atoms. The fraction of sp³-hybridized carbons (Fsp3) is 0.500. The maximum atomic E-state index is 10.3. The van der Waals surface area contributed by atoms with E-state index in [9.17, 15) is 4.79 Å². The first kappa shape index (κ1) is 9.89. The maximum Gasteiger partial charge on any atom is 0.303 e. The van der Waals surface area contributed by atoms with Crippen LogP contribution in [0.5, 0.6) is 0 Å². The van der Waals surface area contributed by atoms with Gasteiger partial charge in [0, 0.05) is 24.9 Å². The van der Waals surface area contributed by atoms with E-state index in [1.165, 1.54) is 12.8 Å². The minimum atomic E-state index is -0.796. The molecule has 1 aromatic heterocycles. The number of aliphatic carboxylic acids is 1. The summed E-state index contributed by atoms with van der Waals surface area (Å²) in [5.74, 6) is -0.160. The number of hydrogen-bond donors (Lipinski definition) is 2. The molecular formula is C10H13N3O2. The lowest BCUT2D eigenvalue weighted by Gasteiger charge is -2.02. The van der Waals surface area contributed by atoms with Gasteiger partial charge in [-0.2, -0.15) is 0 Å². The summed E-state index contributed by atoms with van der Waals surface area (Å²) in [6.07, 6.45) is 6.34. The number of rotatable bonds is 5. The van der Waals surface area contributed by atoms with E-state index in [0.717, 1.165) is 5.56 Å². The summed E-state index contributed by atoms with van der Waals surface area (Å²) >= 11 is 0. The Labute approximate surface area is 87.6 Å². The highest BCUT2D eigenvalue weighted by Gasteiger charge is 2.21. The largest absolute Gasteiger partial charge is 0.481 e. The molecule has 1 aromatic rings. The predicted molar refractivity (Wildman–Crippen MR) is 54.6 cm³/mol. The van der Waals surface area contributed by atoms with Crippen LogP contribution in [-0.4, -0.2) is 27.1 Å². The third-order valence-corrected chi connectivity index (χ3v) is 2.24. The number of aromatic nitrogens is 2. The van der Waals surface area contributed by atoms with E-state index in [-0.39, 0.29) is 6.42 Å². The van der Waals surface area contributed by atoms with E-state index in [2.05, 4.69) is 15.3 Å². The number of hydrogen-bond acceptors (Lipinski definition) is 4. The molecule has 1 heterocycles. The quantitative estimate of drug-likeness (QED) is 0.755. The van der Waals surface area contributed by atoms with Gasteiger partial charge in [-0.05, 0) is 24.8 Å². The van der Waals surface area contributed by atoms with Crippen molar-refractivity contribution in [3.63, 3.8) is 0 Å². The normalized spacial score (nSPS) is 14.9. The van der Waals surface area contributed by atoms with Crippen molar-refractivity contribution >= 4 is 11.9 Å². The Kier molecular flexibility index (Phi) is 2.80. The summed E-state index contributed by atoms with van der Waals surface area (Å²) in [6, 6.07) is 0.537. The highest BCUT2D eigenvalue weighted by molar-refractivity contribution is 5.67. The number of aryl methyl sites for hydroxylation is 1. The molecule has 0 spiro atoms. The molecule has 2 rings (SSSR count). The van der Waals surface area contributed by atoms with Gasteiger partial charge in [0.1, 0.15) is 0 Å². The third kappa shape index (κ3) is 3.19. The number of nitrogens with zero attached hydrogens (tertiary/aromatic N) is 2. The minimum absolute atomic E-state index is 0.124. The fourth-order valence-electron chi connectivity index (χ4n) is 1.22. The van der Waals surface area contributed by atoms with E-state index < -0.39 is 5.97 Å². The first-order valence-electron chi connectivity index (χ1n) is 5.03. The second-order valence-corrected chi connectivity index (χ2v) is 3.73. The van der Waals surface area contributed by atoms with Crippen LogP contribution in [0.25, 0.3) is 0 Å². The lowest BCUT2D eigenvalue weighted by atomic mass is 10.2. The molecule has 1 fully saturated rings. The van der Waals surface area contributed by atoms with E-state index in [4.69, 9.17) is 5.11 Å². The van der Waals surface area contributed by atoms with Crippen LogP contribution in [0, 0.1) is 0 Å². The van der Waals surface area contributed by atoms with Gasteiger partial charge in [-0.3, -0.25) is 4.79 Å². The summed E-state index contributed by atoms with van der Waals surface area (Å²) < 4.78 is 0. The van der Waals surface area contributed by atoms with Crippen LogP contribution >= 0.6 is 0 Å². The van der Waals surface area contributed by atoms with E-state index in [1.807, 2.05) is 0 Å². The van der Waals surface area contributed by atoms with Crippen LogP contribution in [0.15, 0.2) is 12.4 Å². The molecule has 0 unspecified atom stereocenters. The molecule has 0 aromatic carbocycles. The van der Waals surface area contributed by atoms with Crippen molar-refractivity contribution in [2.24, 2.45) is 0 Å². The number of nitrogens with one attached hydrogen (secondary N) is 1. The topological polar surface area (TPSA) is 75.1 Å². The summed E-state index contributed by atoms with van der Waals surface area (Å²) in [6.45, 7) is 0. The fourth-order valence-corrected chi connectivity index (χ4v) is 1.22. The van der Waals surface area contributed by atoms with Crippen molar-refractivity contribution in [2.75, 3.05) is 5.32 Å². The van der Waals surface area contributed by atoms with Crippen molar-refractivity contribution in [2.45, 2.75) is 31.7 Å². The van der Waals surface area contributed by atoms with Gasteiger partial charge >= 0.3 is 5.97 Å². The Bertz CT molecular complexity index is 346. The van der Waals surface area contributed by atoms with Gasteiger partial charge in [-0.25, -0.2) is 9.97 Å². The molecule has 1 saturated carbocycles. The lowest BCUT2D eigenvalue weighted by Crippen LogP contribution is -2.06. The van der Waals surface area contributed by atoms with Crippen LogP contribution in [0.4, 0.5) is 5.95 Å². The zero-order chi connectivity index (χ0) is 10.7. The molecule has 0 saturated heterocycles. The van der Waals surface area contributed by atoms with Gasteiger partial charge in [0.05, 0.1) is 0 Å². The van der Waals surface area contributed by atoms with Gasteiger partial charge in [0.2, 0.25) is 5.95 Å². The van der Waals surface area contributed by atoms with E-state index in [1.54, 1.807) is 12.4 Å². The monoisotopic (exact) mass is 207 g/mol. The molecule has 1 aliphatic carbocycles. The van der Waals surface area contributed by atoms with Gasteiger partial charge in [-0.15, -0.1) is 0 Å². The molecule has 1 aliphatic rings. The molecule has 0 bridgehead atoms. The SMILES string of the molecule is O=C(O)CCc1cnc(NC2CC2)nc1. The van der Waals surface area contributed by atoms with Crippen molar-refractivity contribution in [1.82, 2.24) is 9.97 Å². The summed E-state index contributed by atoms with van der Waals surface area (Å²) in [7, 11) is 0. The van der Waals surface area contributed by atoms with E-state index in [0.29, 0.717) is 18.4 Å². The van der Waals surface area contributed by atoms with Crippen LogP contribution in [0.2, 0.25) is 0 Å². The second kappa shape index (κ2) is 4.25. The van der Waals surface area contributed by atoms with Gasteiger partial charge < -0.3 is 10.4 Å². The van der Waals surface area contributed by atoms with Crippen molar-refractivity contribution in [1.29, 1.82) is 0 Å². The molecule has 0 aliphatic heterocycles. The predicted octanol–water partition coefficient (Wildman–Crippen LogP) is 1.07. The summed E-state index contributed by atoms with van der Waals surface area (Å²) in [4.78, 5) is 18.6. The molecule has 0 atom stereocenters. The third-order valence-electron chi connectivity index (χ3n) is 2.24. The Morgan fingerprint density at radius 1 is 1.47 bits per heavy atom. The molecule has 5 heteroatoms. The zero-order valence-electron chi connectivity index (χ0n) is 8.31. The van der Waals surface area contributed by atoms with Crippen LogP contribution in [0.3, 0.4) is 0 Å². The highest BCUT2D eigenvalue weighted by atomic mass is 16.4. The average molecular weight is 207 g/mol. The molecular weight excluding hydrogens is 194 g/mol. The van der Waals surface area contributed by atoms with Crippen LogP contribution < -0.4 is 5.32 Å². The van der Waals surface area contributed by atoms with Crippen LogP contribution in [0.1, 0.15) is 24.8 Å². The minimum Gasteiger partial charge on any atom is -0.481 e. The van der Waals surface area contributed by atoms with Gasteiger partial charge in [0.25, 0.3) is 0 Å².